The van der Waals surface area contributed by atoms with E-state index in [0.717, 1.165) is 18.6 Å². The van der Waals surface area contributed by atoms with E-state index in [4.69, 9.17) is 4.52 Å². The zero-order chi connectivity index (χ0) is 13.3. The van der Waals surface area contributed by atoms with Gasteiger partial charge < -0.3 is 9.42 Å². The molecule has 0 aliphatic carbocycles. The van der Waals surface area contributed by atoms with Crippen molar-refractivity contribution in [1.82, 2.24) is 10.1 Å². The zero-order valence-corrected chi connectivity index (χ0v) is 11.6. The van der Waals surface area contributed by atoms with Gasteiger partial charge in [-0.2, -0.15) is 0 Å². The summed E-state index contributed by atoms with van der Waals surface area (Å²) in [5.41, 5.74) is 0.444. The number of carbonyl (C=O) groups excluding carboxylic acids is 1. The number of hydrogen-bond acceptors (Lipinski definition) is 3. The number of aromatic nitrogens is 1. The molecule has 4 heteroatoms. The van der Waals surface area contributed by atoms with Gasteiger partial charge in [-0.05, 0) is 33.1 Å². The maximum atomic E-state index is 12.5. The van der Waals surface area contributed by atoms with Gasteiger partial charge in [-0.15, -0.1) is 0 Å². The standard InChI is InChI=1S/C14H22N2O2/c1-9(2)13-8-12(15-18-13)14(17)16-10(3)6-5-7-11(16)4/h8-11H,5-7H2,1-4H3/t10-,11-/m0/s1. The molecule has 1 fully saturated rings. The molecule has 18 heavy (non-hydrogen) atoms. The summed E-state index contributed by atoms with van der Waals surface area (Å²) in [6.45, 7) is 8.27. The number of carbonyl (C=O) groups is 1. The summed E-state index contributed by atoms with van der Waals surface area (Å²) in [5.74, 6) is 1.04. The highest BCUT2D eigenvalue weighted by molar-refractivity contribution is 5.92. The molecule has 1 saturated heterocycles. The van der Waals surface area contributed by atoms with E-state index in [1.54, 1.807) is 6.07 Å². The van der Waals surface area contributed by atoms with Crippen LogP contribution >= 0.6 is 0 Å². The van der Waals surface area contributed by atoms with E-state index < -0.39 is 0 Å². The Kier molecular flexibility index (Phi) is 3.73. The average molecular weight is 250 g/mol. The zero-order valence-electron chi connectivity index (χ0n) is 11.6. The minimum absolute atomic E-state index is 0.00495. The molecule has 2 atom stereocenters. The molecule has 1 aliphatic heterocycles. The third kappa shape index (κ3) is 2.42. The summed E-state index contributed by atoms with van der Waals surface area (Å²) < 4.78 is 5.21. The smallest absolute Gasteiger partial charge is 0.276 e. The number of amides is 1. The first-order valence-corrected chi connectivity index (χ1v) is 6.80. The molecule has 0 aromatic carbocycles. The van der Waals surface area contributed by atoms with Crippen molar-refractivity contribution in [3.63, 3.8) is 0 Å². The molecule has 1 aliphatic rings. The van der Waals surface area contributed by atoms with Crippen LogP contribution in [0.15, 0.2) is 10.6 Å². The van der Waals surface area contributed by atoms with E-state index in [9.17, 15) is 4.79 Å². The van der Waals surface area contributed by atoms with E-state index in [2.05, 4.69) is 19.0 Å². The second-order valence-electron chi connectivity index (χ2n) is 5.61. The third-order valence-electron chi connectivity index (χ3n) is 3.74. The number of likely N-dealkylation sites (tertiary alicyclic amines) is 1. The monoisotopic (exact) mass is 250 g/mol. The van der Waals surface area contributed by atoms with Gasteiger partial charge in [0.1, 0.15) is 5.76 Å². The number of nitrogens with zero attached hydrogens (tertiary/aromatic N) is 2. The van der Waals surface area contributed by atoms with Gasteiger partial charge in [0.2, 0.25) is 0 Å². The molecule has 4 nitrogen and oxygen atoms in total. The van der Waals surface area contributed by atoms with Gasteiger partial charge in [-0.3, -0.25) is 4.79 Å². The van der Waals surface area contributed by atoms with Crippen LogP contribution in [0.1, 0.15) is 69.1 Å². The molecule has 100 valence electrons. The van der Waals surface area contributed by atoms with E-state index in [1.807, 2.05) is 18.7 Å². The fourth-order valence-electron chi connectivity index (χ4n) is 2.62. The fourth-order valence-corrected chi connectivity index (χ4v) is 2.62. The number of hydrogen-bond donors (Lipinski definition) is 0. The van der Waals surface area contributed by atoms with Crippen LogP contribution in [-0.2, 0) is 0 Å². The number of rotatable bonds is 2. The highest BCUT2D eigenvalue weighted by Crippen LogP contribution is 2.25. The predicted octanol–water partition coefficient (Wildman–Crippen LogP) is 3.20. The number of piperidine rings is 1. The first kappa shape index (κ1) is 13.1. The maximum absolute atomic E-state index is 12.5. The highest BCUT2D eigenvalue weighted by atomic mass is 16.5. The van der Waals surface area contributed by atoms with Gasteiger partial charge in [-0.25, -0.2) is 0 Å². The SMILES string of the molecule is CC(C)c1cc(C(=O)N2[C@@H](C)CCC[C@@H]2C)no1. The quantitative estimate of drug-likeness (QED) is 0.809. The lowest BCUT2D eigenvalue weighted by Crippen LogP contribution is -2.47. The normalized spacial score (nSPS) is 24.6. The summed E-state index contributed by atoms with van der Waals surface area (Å²) in [5, 5.41) is 3.92. The molecule has 0 N–H and O–H groups in total. The Morgan fingerprint density at radius 3 is 2.50 bits per heavy atom. The molecule has 2 heterocycles. The van der Waals surface area contributed by atoms with Gasteiger partial charge in [0.05, 0.1) is 0 Å². The minimum Gasteiger partial charge on any atom is -0.360 e. The first-order valence-electron chi connectivity index (χ1n) is 6.80. The Hall–Kier alpha value is -1.32. The molecule has 0 unspecified atom stereocenters. The summed E-state index contributed by atoms with van der Waals surface area (Å²) >= 11 is 0. The molecule has 1 aromatic rings. The largest absolute Gasteiger partial charge is 0.360 e. The molecule has 1 amide bonds. The minimum atomic E-state index is 0.00495. The van der Waals surface area contributed by atoms with E-state index in [0.29, 0.717) is 17.8 Å². The van der Waals surface area contributed by atoms with Crippen molar-refractivity contribution in [3.05, 3.63) is 17.5 Å². The maximum Gasteiger partial charge on any atom is 0.276 e. The highest BCUT2D eigenvalue weighted by Gasteiger charge is 2.31. The summed E-state index contributed by atoms with van der Waals surface area (Å²) in [7, 11) is 0. The van der Waals surface area contributed by atoms with Crippen molar-refractivity contribution in [3.8, 4) is 0 Å². The molecule has 2 rings (SSSR count). The topological polar surface area (TPSA) is 46.3 Å². The van der Waals surface area contributed by atoms with Gasteiger partial charge in [0.15, 0.2) is 5.69 Å². The summed E-state index contributed by atoms with van der Waals surface area (Å²) in [6, 6.07) is 2.36. The molecular formula is C14H22N2O2. The van der Waals surface area contributed by atoms with Crippen LogP contribution < -0.4 is 0 Å². The van der Waals surface area contributed by atoms with Crippen molar-refractivity contribution in [1.29, 1.82) is 0 Å². The Morgan fingerprint density at radius 1 is 1.39 bits per heavy atom. The second-order valence-corrected chi connectivity index (χ2v) is 5.61. The summed E-state index contributed by atoms with van der Waals surface area (Å²) in [6.07, 6.45) is 3.35. The van der Waals surface area contributed by atoms with Crippen LogP contribution in [-0.4, -0.2) is 28.0 Å². The Labute approximate surface area is 108 Å². The second kappa shape index (κ2) is 5.12. The van der Waals surface area contributed by atoms with Crippen LogP contribution in [0.5, 0.6) is 0 Å². The van der Waals surface area contributed by atoms with Crippen molar-refractivity contribution in [2.75, 3.05) is 0 Å². The third-order valence-corrected chi connectivity index (χ3v) is 3.74. The lowest BCUT2D eigenvalue weighted by Gasteiger charge is -2.38. The van der Waals surface area contributed by atoms with E-state index in [-0.39, 0.29) is 11.8 Å². The van der Waals surface area contributed by atoms with Crippen LogP contribution in [0.3, 0.4) is 0 Å². The lowest BCUT2D eigenvalue weighted by atomic mass is 9.97. The Bertz CT molecular complexity index is 415. The van der Waals surface area contributed by atoms with E-state index in [1.165, 1.54) is 6.42 Å². The average Bonchev–Trinajstić information content (AvgIpc) is 2.77. The van der Waals surface area contributed by atoms with Gasteiger partial charge in [0.25, 0.3) is 5.91 Å². The van der Waals surface area contributed by atoms with Gasteiger partial charge in [-0.1, -0.05) is 19.0 Å². The molecule has 0 radical (unpaired) electrons. The molecular weight excluding hydrogens is 228 g/mol. The Balaban J connectivity index is 2.18. The predicted molar refractivity (Wildman–Crippen MR) is 69.5 cm³/mol. The lowest BCUT2D eigenvalue weighted by molar-refractivity contribution is 0.0500. The van der Waals surface area contributed by atoms with Crippen molar-refractivity contribution >= 4 is 5.91 Å². The van der Waals surface area contributed by atoms with Crippen LogP contribution in [0, 0.1) is 0 Å². The fraction of sp³-hybridized carbons (Fsp3) is 0.714. The van der Waals surface area contributed by atoms with Crippen LogP contribution in [0.25, 0.3) is 0 Å². The van der Waals surface area contributed by atoms with E-state index >= 15 is 0 Å². The first-order chi connectivity index (χ1) is 8.50. The summed E-state index contributed by atoms with van der Waals surface area (Å²) in [4.78, 5) is 14.4. The Morgan fingerprint density at radius 2 is 2.00 bits per heavy atom. The van der Waals surface area contributed by atoms with Crippen molar-refractivity contribution in [2.45, 2.75) is 65.0 Å². The van der Waals surface area contributed by atoms with Crippen LogP contribution in [0.2, 0.25) is 0 Å². The van der Waals surface area contributed by atoms with Crippen molar-refractivity contribution in [2.24, 2.45) is 0 Å². The van der Waals surface area contributed by atoms with Gasteiger partial charge in [0, 0.05) is 24.1 Å². The molecule has 0 spiro atoms. The van der Waals surface area contributed by atoms with Gasteiger partial charge >= 0.3 is 0 Å². The van der Waals surface area contributed by atoms with Crippen LogP contribution in [0.4, 0.5) is 0 Å². The molecule has 1 aromatic heterocycles. The molecule has 0 saturated carbocycles. The van der Waals surface area contributed by atoms with Crippen molar-refractivity contribution < 1.29 is 9.32 Å². The molecule has 0 bridgehead atoms.